The molecular weight excluding hydrogens is 236 g/mol. The maximum Gasteiger partial charge on any atom is 0.229 e. The molecule has 2 unspecified atom stereocenters. The Kier molecular flexibility index (Phi) is 5.87. The molecule has 0 saturated heterocycles. The van der Waals surface area contributed by atoms with Gasteiger partial charge in [-0.25, -0.2) is 0 Å². The Morgan fingerprint density at radius 2 is 2.00 bits per heavy atom. The van der Waals surface area contributed by atoms with Gasteiger partial charge in [-0.1, -0.05) is 32.4 Å². The maximum absolute atomic E-state index is 12.5. The van der Waals surface area contributed by atoms with Crippen LogP contribution in [0.25, 0.3) is 0 Å². The quantitative estimate of drug-likeness (QED) is 0.800. The highest BCUT2D eigenvalue weighted by atomic mass is 16.2. The monoisotopic (exact) mass is 262 g/mol. The van der Waals surface area contributed by atoms with Crippen LogP contribution in [0, 0.1) is 5.92 Å². The minimum absolute atomic E-state index is 0.132. The third-order valence-corrected chi connectivity index (χ3v) is 3.70. The van der Waals surface area contributed by atoms with Crippen LogP contribution < -0.4 is 5.73 Å². The first-order chi connectivity index (χ1) is 8.99. The lowest BCUT2D eigenvalue weighted by Gasteiger charge is -2.27. The number of amides is 1. The molecule has 0 spiro atoms. The lowest BCUT2D eigenvalue weighted by atomic mass is 9.98. The van der Waals surface area contributed by atoms with Gasteiger partial charge in [-0.2, -0.15) is 0 Å². The van der Waals surface area contributed by atoms with E-state index in [1.165, 1.54) is 0 Å². The highest BCUT2D eigenvalue weighted by molar-refractivity contribution is 5.83. The molecule has 1 aromatic rings. The zero-order valence-electron chi connectivity index (χ0n) is 12.5. The first-order valence-electron chi connectivity index (χ1n) is 7.13. The van der Waals surface area contributed by atoms with E-state index in [4.69, 9.17) is 5.73 Å². The molecule has 1 amide bonds. The second-order valence-electron chi connectivity index (χ2n) is 5.28. The SMILES string of the molecule is CCC(C)CN(CC)C(=O)C(C)c1cccc(N)c1. The summed E-state index contributed by atoms with van der Waals surface area (Å²) in [5.41, 5.74) is 7.49. The Morgan fingerprint density at radius 3 is 2.53 bits per heavy atom. The Balaban J connectivity index is 2.79. The number of nitrogen functional groups attached to an aromatic ring is 1. The molecule has 0 fully saturated rings. The smallest absolute Gasteiger partial charge is 0.229 e. The number of nitrogens with two attached hydrogens (primary N) is 1. The van der Waals surface area contributed by atoms with Crippen LogP contribution in [0.1, 0.15) is 45.6 Å². The summed E-state index contributed by atoms with van der Waals surface area (Å²) in [6.07, 6.45) is 1.09. The lowest BCUT2D eigenvalue weighted by Crippen LogP contribution is -2.37. The summed E-state index contributed by atoms with van der Waals surface area (Å²) in [4.78, 5) is 14.5. The molecule has 1 aromatic carbocycles. The molecule has 0 bridgehead atoms. The van der Waals surface area contributed by atoms with Gasteiger partial charge in [0.05, 0.1) is 5.92 Å². The van der Waals surface area contributed by atoms with Crippen LogP contribution in [0.3, 0.4) is 0 Å². The largest absolute Gasteiger partial charge is 0.399 e. The van der Waals surface area contributed by atoms with Crippen LogP contribution in [-0.4, -0.2) is 23.9 Å². The highest BCUT2D eigenvalue weighted by Crippen LogP contribution is 2.21. The van der Waals surface area contributed by atoms with Gasteiger partial charge in [0.15, 0.2) is 0 Å². The molecule has 19 heavy (non-hydrogen) atoms. The lowest BCUT2D eigenvalue weighted by molar-refractivity contribution is -0.132. The molecule has 0 heterocycles. The first-order valence-corrected chi connectivity index (χ1v) is 7.13. The summed E-state index contributed by atoms with van der Waals surface area (Å²) in [5, 5.41) is 0. The van der Waals surface area contributed by atoms with Crippen molar-refractivity contribution in [3.63, 3.8) is 0 Å². The zero-order valence-corrected chi connectivity index (χ0v) is 12.5. The van der Waals surface area contributed by atoms with Gasteiger partial charge in [-0.05, 0) is 37.5 Å². The molecule has 0 radical (unpaired) electrons. The first kappa shape index (κ1) is 15.5. The summed E-state index contributed by atoms with van der Waals surface area (Å²) >= 11 is 0. The second-order valence-corrected chi connectivity index (χ2v) is 5.28. The molecule has 106 valence electrons. The number of benzene rings is 1. The van der Waals surface area contributed by atoms with E-state index in [1.54, 1.807) is 0 Å². The summed E-state index contributed by atoms with van der Waals surface area (Å²) in [7, 11) is 0. The van der Waals surface area contributed by atoms with E-state index >= 15 is 0 Å². The van der Waals surface area contributed by atoms with E-state index in [2.05, 4.69) is 13.8 Å². The molecule has 0 saturated carbocycles. The van der Waals surface area contributed by atoms with Gasteiger partial charge < -0.3 is 10.6 Å². The zero-order chi connectivity index (χ0) is 14.4. The van der Waals surface area contributed by atoms with E-state index in [0.717, 1.165) is 25.1 Å². The van der Waals surface area contributed by atoms with Crippen molar-refractivity contribution in [2.75, 3.05) is 18.8 Å². The number of hydrogen-bond donors (Lipinski definition) is 1. The summed E-state index contributed by atoms with van der Waals surface area (Å²) in [6, 6.07) is 7.60. The Labute approximate surface area is 116 Å². The molecule has 2 atom stereocenters. The van der Waals surface area contributed by atoms with Crippen molar-refractivity contribution in [3.05, 3.63) is 29.8 Å². The van der Waals surface area contributed by atoms with E-state index in [-0.39, 0.29) is 11.8 Å². The minimum Gasteiger partial charge on any atom is -0.399 e. The van der Waals surface area contributed by atoms with Gasteiger partial charge in [0.2, 0.25) is 5.91 Å². The normalized spacial score (nSPS) is 13.9. The van der Waals surface area contributed by atoms with Crippen LogP contribution in [0.15, 0.2) is 24.3 Å². The molecule has 3 heteroatoms. The molecule has 0 aliphatic heterocycles. The van der Waals surface area contributed by atoms with Crippen molar-refractivity contribution in [2.24, 2.45) is 5.92 Å². The van der Waals surface area contributed by atoms with Gasteiger partial charge in [0.25, 0.3) is 0 Å². The highest BCUT2D eigenvalue weighted by Gasteiger charge is 2.21. The third kappa shape index (κ3) is 4.27. The van der Waals surface area contributed by atoms with E-state index in [9.17, 15) is 4.79 Å². The standard InChI is InChI=1S/C16H26N2O/c1-5-12(3)11-18(6-2)16(19)13(4)14-8-7-9-15(17)10-14/h7-10,12-13H,5-6,11,17H2,1-4H3. The number of hydrogen-bond acceptors (Lipinski definition) is 2. The van der Waals surface area contributed by atoms with E-state index < -0.39 is 0 Å². The Bertz CT molecular complexity index is 417. The number of likely N-dealkylation sites (N-methyl/N-ethyl adjacent to an activating group) is 1. The fraction of sp³-hybridized carbons (Fsp3) is 0.562. The topological polar surface area (TPSA) is 46.3 Å². The van der Waals surface area contributed by atoms with E-state index in [0.29, 0.717) is 11.6 Å². The molecule has 0 aromatic heterocycles. The van der Waals surface area contributed by atoms with Crippen LogP contribution in [-0.2, 0) is 4.79 Å². The number of anilines is 1. The molecule has 1 rings (SSSR count). The predicted molar refractivity (Wildman–Crippen MR) is 81.0 cm³/mol. The second kappa shape index (κ2) is 7.17. The number of carbonyl (C=O) groups is 1. The summed E-state index contributed by atoms with van der Waals surface area (Å²) in [5.74, 6) is 0.595. The van der Waals surface area contributed by atoms with Crippen LogP contribution in [0.5, 0.6) is 0 Å². The molecule has 0 aliphatic carbocycles. The van der Waals surface area contributed by atoms with Crippen molar-refractivity contribution in [3.8, 4) is 0 Å². The predicted octanol–water partition coefficient (Wildman–Crippen LogP) is 3.27. The van der Waals surface area contributed by atoms with E-state index in [1.807, 2.05) is 43.0 Å². The van der Waals surface area contributed by atoms with Gasteiger partial charge in [0.1, 0.15) is 0 Å². The number of nitrogens with zero attached hydrogens (tertiary/aromatic N) is 1. The molecule has 3 nitrogen and oxygen atoms in total. The summed E-state index contributed by atoms with van der Waals surface area (Å²) in [6.45, 7) is 9.92. The fourth-order valence-electron chi connectivity index (χ4n) is 2.13. The number of carbonyl (C=O) groups excluding carboxylic acids is 1. The Hall–Kier alpha value is -1.51. The van der Waals surface area contributed by atoms with Crippen LogP contribution in [0.2, 0.25) is 0 Å². The summed E-state index contributed by atoms with van der Waals surface area (Å²) < 4.78 is 0. The van der Waals surface area contributed by atoms with Crippen molar-refractivity contribution in [1.82, 2.24) is 4.90 Å². The van der Waals surface area contributed by atoms with Crippen LogP contribution in [0.4, 0.5) is 5.69 Å². The average Bonchev–Trinajstić information content (AvgIpc) is 2.42. The van der Waals surface area contributed by atoms with Crippen molar-refractivity contribution in [2.45, 2.75) is 40.0 Å². The Morgan fingerprint density at radius 1 is 1.32 bits per heavy atom. The van der Waals surface area contributed by atoms with Gasteiger partial charge in [0, 0.05) is 18.8 Å². The van der Waals surface area contributed by atoms with Crippen molar-refractivity contribution < 1.29 is 4.79 Å². The molecule has 2 N–H and O–H groups in total. The third-order valence-electron chi connectivity index (χ3n) is 3.70. The van der Waals surface area contributed by atoms with Crippen molar-refractivity contribution >= 4 is 11.6 Å². The molecular formula is C16H26N2O. The minimum atomic E-state index is -0.132. The van der Waals surface area contributed by atoms with Crippen molar-refractivity contribution in [1.29, 1.82) is 0 Å². The maximum atomic E-state index is 12.5. The molecule has 0 aliphatic rings. The van der Waals surface area contributed by atoms with Gasteiger partial charge in [-0.15, -0.1) is 0 Å². The van der Waals surface area contributed by atoms with Crippen LogP contribution >= 0.6 is 0 Å². The number of rotatable bonds is 6. The van der Waals surface area contributed by atoms with Gasteiger partial charge in [-0.3, -0.25) is 4.79 Å². The van der Waals surface area contributed by atoms with Gasteiger partial charge >= 0.3 is 0 Å². The average molecular weight is 262 g/mol. The fourth-order valence-corrected chi connectivity index (χ4v) is 2.13.